The second kappa shape index (κ2) is 7.60. The van der Waals surface area contributed by atoms with E-state index in [1.54, 1.807) is 0 Å². The normalized spacial score (nSPS) is 23.2. The Kier molecular flexibility index (Phi) is 6.09. The summed E-state index contributed by atoms with van der Waals surface area (Å²) in [6.07, 6.45) is 7.05. The summed E-state index contributed by atoms with van der Waals surface area (Å²) >= 11 is 3.66. The molecule has 20 heavy (non-hydrogen) atoms. The van der Waals surface area contributed by atoms with Gasteiger partial charge in [-0.3, -0.25) is 4.68 Å². The largest absolute Gasteiger partial charge is 0.311 e. The number of aromatic nitrogens is 2. The monoisotopic (exact) mass is 341 g/mol. The van der Waals surface area contributed by atoms with E-state index in [0.717, 1.165) is 41.6 Å². The predicted octanol–water partition coefficient (Wildman–Crippen LogP) is 4.28. The summed E-state index contributed by atoms with van der Waals surface area (Å²) < 4.78 is 3.26. The lowest BCUT2D eigenvalue weighted by Gasteiger charge is -2.26. The minimum Gasteiger partial charge on any atom is -0.311 e. The molecule has 1 aliphatic carbocycles. The van der Waals surface area contributed by atoms with Crippen LogP contribution in [0.4, 0.5) is 0 Å². The van der Waals surface area contributed by atoms with Gasteiger partial charge in [0.2, 0.25) is 0 Å². The van der Waals surface area contributed by atoms with Gasteiger partial charge in [-0.15, -0.1) is 0 Å². The molecule has 114 valence electrons. The Morgan fingerprint density at radius 1 is 1.40 bits per heavy atom. The molecular formula is C16H28BrN3. The van der Waals surface area contributed by atoms with Gasteiger partial charge < -0.3 is 5.32 Å². The fraction of sp³-hybridized carbons (Fsp3) is 0.812. The summed E-state index contributed by atoms with van der Waals surface area (Å²) in [5, 5.41) is 8.14. The number of hydrogen-bond acceptors (Lipinski definition) is 2. The molecule has 0 bridgehead atoms. The van der Waals surface area contributed by atoms with Crippen LogP contribution in [0, 0.1) is 18.8 Å². The smallest absolute Gasteiger partial charge is 0.0739 e. The number of nitrogens with one attached hydrogen (secondary N) is 1. The molecule has 1 N–H and O–H groups in total. The van der Waals surface area contributed by atoms with E-state index in [1.165, 1.54) is 37.8 Å². The van der Waals surface area contributed by atoms with Crippen molar-refractivity contribution in [3.8, 4) is 0 Å². The topological polar surface area (TPSA) is 29.9 Å². The summed E-state index contributed by atoms with van der Waals surface area (Å²) in [4.78, 5) is 0. The summed E-state index contributed by atoms with van der Waals surface area (Å²) in [5.74, 6) is 1.87. The van der Waals surface area contributed by atoms with E-state index in [1.807, 2.05) is 0 Å². The molecule has 1 aromatic heterocycles. The van der Waals surface area contributed by atoms with E-state index in [-0.39, 0.29) is 0 Å². The number of aryl methyl sites for hydroxylation is 2. The zero-order valence-corrected chi connectivity index (χ0v) is 14.7. The van der Waals surface area contributed by atoms with E-state index in [0.29, 0.717) is 0 Å². The van der Waals surface area contributed by atoms with E-state index in [2.05, 4.69) is 51.8 Å². The van der Waals surface area contributed by atoms with Crippen molar-refractivity contribution in [3.63, 3.8) is 0 Å². The van der Waals surface area contributed by atoms with Gasteiger partial charge in [0.1, 0.15) is 0 Å². The quantitative estimate of drug-likeness (QED) is 0.782. The van der Waals surface area contributed by atoms with Gasteiger partial charge in [0.15, 0.2) is 0 Å². The van der Waals surface area contributed by atoms with Crippen LogP contribution in [0.2, 0.25) is 0 Å². The van der Waals surface area contributed by atoms with Gasteiger partial charge in [-0.1, -0.05) is 26.2 Å². The SMILES string of the molecule is CCn1nc(C)c(Br)c1CNCCC1CCCC(C)C1. The highest BCUT2D eigenvalue weighted by molar-refractivity contribution is 9.10. The van der Waals surface area contributed by atoms with Crippen LogP contribution in [0.15, 0.2) is 4.47 Å². The van der Waals surface area contributed by atoms with Crippen LogP contribution in [0.1, 0.15) is 57.3 Å². The molecule has 0 spiro atoms. The van der Waals surface area contributed by atoms with Gasteiger partial charge >= 0.3 is 0 Å². The fourth-order valence-corrected chi connectivity index (χ4v) is 3.80. The van der Waals surface area contributed by atoms with Gasteiger partial charge in [-0.2, -0.15) is 5.10 Å². The lowest BCUT2D eigenvalue weighted by molar-refractivity contribution is 0.267. The predicted molar refractivity (Wildman–Crippen MR) is 87.8 cm³/mol. The summed E-state index contributed by atoms with van der Waals surface area (Å²) in [7, 11) is 0. The Balaban J connectivity index is 1.76. The minimum atomic E-state index is 0.914. The maximum Gasteiger partial charge on any atom is 0.0739 e. The standard InChI is InChI=1S/C16H28BrN3/c1-4-20-15(16(17)13(3)19-20)11-18-9-8-14-7-5-6-12(2)10-14/h12,14,18H,4-11H2,1-3H3. The van der Waals surface area contributed by atoms with Gasteiger partial charge in [0.05, 0.1) is 15.9 Å². The van der Waals surface area contributed by atoms with Crippen LogP contribution in [0.3, 0.4) is 0 Å². The number of halogens is 1. The van der Waals surface area contributed by atoms with Gasteiger partial charge in [0.25, 0.3) is 0 Å². The molecule has 0 amide bonds. The first-order valence-corrected chi connectivity index (χ1v) is 8.83. The molecule has 1 aliphatic rings. The molecule has 2 unspecified atom stereocenters. The van der Waals surface area contributed by atoms with Gasteiger partial charge in [-0.05, 0) is 61.0 Å². The van der Waals surface area contributed by atoms with Crippen molar-refractivity contribution in [1.82, 2.24) is 15.1 Å². The Morgan fingerprint density at radius 3 is 2.90 bits per heavy atom. The van der Waals surface area contributed by atoms with Crippen molar-refractivity contribution >= 4 is 15.9 Å². The number of rotatable bonds is 6. The molecule has 0 aliphatic heterocycles. The highest BCUT2D eigenvalue weighted by Crippen LogP contribution is 2.30. The lowest BCUT2D eigenvalue weighted by Crippen LogP contribution is -2.22. The first kappa shape index (κ1) is 16.0. The molecule has 0 radical (unpaired) electrons. The molecule has 2 rings (SSSR count). The molecule has 3 nitrogen and oxygen atoms in total. The molecule has 1 saturated carbocycles. The van der Waals surface area contributed by atoms with Crippen molar-refractivity contribution < 1.29 is 0 Å². The second-order valence-corrected chi connectivity index (χ2v) is 7.06. The van der Waals surface area contributed by atoms with Crippen molar-refractivity contribution in [2.45, 2.75) is 66.0 Å². The lowest BCUT2D eigenvalue weighted by atomic mass is 9.81. The molecule has 4 heteroatoms. The average Bonchev–Trinajstić information content (AvgIpc) is 2.71. The summed E-state index contributed by atoms with van der Waals surface area (Å²) in [6.45, 7) is 9.58. The van der Waals surface area contributed by atoms with Gasteiger partial charge in [-0.25, -0.2) is 0 Å². The Morgan fingerprint density at radius 2 is 2.20 bits per heavy atom. The maximum absolute atomic E-state index is 4.54. The van der Waals surface area contributed by atoms with E-state index < -0.39 is 0 Å². The fourth-order valence-electron chi connectivity index (χ4n) is 3.37. The van der Waals surface area contributed by atoms with Crippen molar-refractivity contribution in [1.29, 1.82) is 0 Å². The summed E-state index contributed by atoms with van der Waals surface area (Å²) in [5.41, 5.74) is 2.37. The van der Waals surface area contributed by atoms with E-state index >= 15 is 0 Å². The zero-order valence-electron chi connectivity index (χ0n) is 13.1. The van der Waals surface area contributed by atoms with Crippen molar-refractivity contribution in [2.75, 3.05) is 6.54 Å². The molecular weight excluding hydrogens is 314 g/mol. The number of hydrogen-bond donors (Lipinski definition) is 1. The first-order valence-electron chi connectivity index (χ1n) is 8.04. The van der Waals surface area contributed by atoms with Crippen molar-refractivity contribution in [2.24, 2.45) is 11.8 Å². The van der Waals surface area contributed by atoms with E-state index in [4.69, 9.17) is 0 Å². The van der Waals surface area contributed by atoms with Crippen molar-refractivity contribution in [3.05, 3.63) is 15.9 Å². The molecule has 1 heterocycles. The Bertz CT molecular complexity index is 428. The molecule has 1 aromatic rings. The van der Waals surface area contributed by atoms with Crippen LogP contribution >= 0.6 is 15.9 Å². The van der Waals surface area contributed by atoms with Gasteiger partial charge in [0, 0.05) is 13.1 Å². The molecule has 2 atom stereocenters. The molecule has 1 fully saturated rings. The Hall–Kier alpha value is -0.350. The summed E-state index contributed by atoms with van der Waals surface area (Å²) in [6, 6.07) is 0. The zero-order chi connectivity index (χ0) is 14.5. The first-order chi connectivity index (χ1) is 9.61. The van der Waals surface area contributed by atoms with E-state index in [9.17, 15) is 0 Å². The molecule has 0 aromatic carbocycles. The number of nitrogens with zero attached hydrogens (tertiary/aromatic N) is 2. The third-order valence-corrected chi connectivity index (χ3v) is 5.55. The van der Waals surface area contributed by atoms with Crippen LogP contribution in [-0.2, 0) is 13.1 Å². The second-order valence-electron chi connectivity index (χ2n) is 6.27. The van der Waals surface area contributed by atoms with Crippen LogP contribution in [0.25, 0.3) is 0 Å². The average molecular weight is 342 g/mol. The molecule has 0 saturated heterocycles. The van der Waals surface area contributed by atoms with Crippen LogP contribution in [0.5, 0.6) is 0 Å². The third kappa shape index (κ3) is 4.08. The highest BCUT2D eigenvalue weighted by atomic mass is 79.9. The highest BCUT2D eigenvalue weighted by Gasteiger charge is 2.18. The van der Waals surface area contributed by atoms with Crippen LogP contribution < -0.4 is 5.32 Å². The van der Waals surface area contributed by atoms with Crippen LogP contribution in [-0.4, -0.2) is 16.3 Å². The minimum absolute atomic E-state index is 0.914. The Labute approximate surface area is 131 Å². The third-order valence-electron chi connectivity index (χ3n) is 4.52. The maximum atomic E-state index is 4.54.